The summed E-state index contributed by atoms with van der Waals surface area (Å²) in [5.74, 6) is -0.375. The van der Waals surface area contributed by atoms with Gasteiger partial charge in [0.25, 0.3) is 5.91 Å². The maximum atomic E-state index is 12.1. The summed E-state index contributed by atoms with van der Waals surface area (Å²) in [4.78, 5) is 23.8. The molecule has 0 radical (unpaired) electrons. The lowest BCUT2D eigenvalue weighted by Crippen LogP contribution is -2.34. The Kier molecular flexibility index (Phi) is 6.91. The number of nitrogens with one attached hydrogen (secondary N) is 3. The number of carbonyl (C=O) groups is 2. The van der Waals surface area contributed by atoms with Gasteiger partial charge in [-0.2, -0.15) is 0 Å². The Labute approximate surface area is 156 Å². The summed E-state index contributed by atoms with van der Waals surface area (Å²) in [7, 11) is 0. The van der Waals surface area contributed by atoms with Crippen LogP contribution in [0.2, 0.25) is 5.02 Å². The van der Waals surface area contributed by atoms with Gasteiger partial charge in [0.2, 0.25) is 5.91 Å². The molecule has 2 aromatic carbocycles. The van der Waals surface area contributed by atoms with Gasteiger partial charge < -0.3 is 10.6 Å². The number of benzene rings is 2. The Morgan fingerprint density at radius 3 is 2.32 bits per heavy atom. The zero-order valence-electron chi connectivity index (χ0n) is 13.6. The summed E-state index contributed by atoms with van der Waals surface area (Å²) < 4.78 is 0. The number of thiocarbonyl (C=S) groups is 1. The minimum absolute atomic E-state index is 0.0433. The lowest BCUT2D eigenvalue weighted by molar-refractivity contribution is -0.116. The van der Waals surface area contributed by atoms with Crippen molar-refractivity contribution < 1.29 is 9.59 Å². The lowest BCUT2D eigenvalue weighted by atomic mass is 10.2. The van der Waals surface area contributed by atoms with E-state index in [0.29, 0.717) is 28.4 Å². The molecular formula is C18H18ClN3O2S. The van der Waals surface area contributed by atoms with E-state index in [9.17, 15) is 9.59 Å². The normalized spacial score (nSPS) is 10.0. The molecule has 0 aliphatic rings. The minimum Gasteiger partial charge on any atom is -0.332 e. The smallest absolute Gasteiger partial charge is 0.257 e. The first-order chi connectivity index (χ1) is 12.0. The van der Waals surface area contributed by atoms with Crippen molar-refractivity contribution in [1.82, 2.24) is 5.32 Å². The van der Waals surface area contributed by atoms with E-state index in [1.807, 2.05) is 6.92 Å². The van der Waals surface area contributed by atoms with E-state index < -0.39 is 0 Å². The predicted molar refractivity (Wildman–Crippen MR) is 105 cm³/mol. The van der Waals surface area contributed by atoms with Gasteiger partial charge in [-0.3, -0.25) is 14.9 Å². The van der Waals surface area contributed by atoms with Crippen LogP contribution in [-0.4, -0.2) is 16.9 Å². The van der Waals surface area contributed by atoms with E-state index in [1.165, 1.54) is 0 Å². The van der Waals surface area contributed by atoms with Crippen LogP contribution in [0.4, 0.5) is 11.4 Å². The van der Waals surface area contributed by atoms with Gasteiger partial charge in [-0.15, -0.1) is 0 Å². The van der Waals surface area contributed by atoms with Crippen molar-refractivity contribution in [3.63, 3.8) is 0 Å². The average molecular weight is 376 g/mol. The largest absolute Gasteiger partial charge is 0.332 e. The third-order valence-electron chi connectivity index (χ3n) is 3.21. The van der Waals surface area contributed by atoms with Crippen LogP contribution < -0.4 is 16.0 Å². The monoisotopic (exact) mass is 375 g/mol. The molecule has 0 unspecified atom stereocenters. The van der Waals surface area contributed by atoms with Crippen LogP contribution in [0.15, 0.2) is 48.5 Å². The van der Waals surface area contributed by atoms with Crippen LogP contribution in [-0.2, 0) is 4.79 Å². The number of hydrogen-bond acceptors (Lipinski definition) is 3. The predicted octanol–water partition coefficient (Wildman–Crippen LogP) is 4.21. The molecule has 0 aromatic heterocycles. The molecule has 0 aliphatic carbocycles. The molecule has 0 saturated heterocycles. The topological polar surface area (TPSA) is 70.2 Å². The van der Waals surface area contributed by atoms with Crippen molar-refractivity contribution in [2.75, 3.05) is 10.6 Å². The molecule has 2 amide bonds. The number of anilines is 2. The molecule has 7 heteroatoms. The van der Waals surface area contributed by atoms with E-state index in [2.05, 4.69) is 16.0 Å². The Morgan fingerprint density at radius 1 is 1.04 bits per heavy atom. The van der Waals surface area contributed by atoms with E-state index in [-0.39, 0.29) is 16.9 Å². The van der Waals surface area contributed by atoms with Crippen molar-refractivity contribution in [3.05, 3.63) is 59.1 Å². The van der Waals surface area contributed by atoms with Crippen molar-refractivity contribution >= 4 is 52.1 Å². The molecule has 25 heavy (non-hydrogen) atoms. The molecule has 5 nitrogen and oxygen atoms in total. The molecule has 2 rings (SSSR count). The highest BCUT2D eigenvalue weighted by atomic mass is 35.5. The number of hydrogen-bond donors (Lipinski definition) is 3. The zero-order valence-corrected chi connectivity index (χ0v) is 15.2. The average Bonchev–Trinajstić information content (AvgIpc) is 2.55. The van der Waals surface area contributed by atoms with Gasteiger partial charge in [-0.05, 0) is 61.1 Å². The highest BCUT2D eigenvalue weighted by Crippen LogP contribution is 2.15. The molecule has 0 heterocycles. The summed E-state index contributed by atoms with van der Waals surface area (Å²) in [5.41, 5.74) is 1.78. The third-order valence-corrected chi connectivity index (χ3v) is 3.67. The van der Waals surface area contributed by atoms with Gasteiger partial charge in [-0.1, -0.05) is 24.6 Å². The fourth-order valence-corrected chi connectivity index (χ4v) is 2.40. The molecule has 130 valence electrons. The summed E-state index contributed by atoms with van der Waals surface area (Å²) in [5, 5.41) is 9.04. The maximum Gasteiger partial charge on any atom is 0.257 e. The van der Waals surface area contributed by atoms with Crippen molar-refractivity contribution in [3.8, 4) is 0 Å². The SMILES string of the molecule is CCCC(=O)Nc1cccc(NC(=S)NC(=O)c2ccc(Cl)cc2)c1. The standard InChI is InChI=1S/C18H18ClN3O2S/c1-2-4-16(23)20-14-5-3-6-15(11-14)21-18(25)22-17(24)12-7-9-13(19)10-8-12/h3,5-11H,2,4H2,1H3,(H,20,23)(H2,21,22,24,25). The molecule has 0 spiro atoms. The van der Waals surface area contributed by atoms with E-state index in [0.717, 1.165) is 6.42 Å². The second-order valence-corrected chi connectivity index (χ2v) is 6.14. The molecule has 0 fully saturated rings. The van der Waals surface area contributed by atoms with E-state index in [4.69, 9.17) is 23.8 Å². The molecule has 2 aromatic rings. The molecule has 0 bridgehead atoms. The number of halogens is 1. The third kappa shape index (κ3) is 6.17. The fraction of sp³-hybridized carbons (Fsp3) is 0.167. The molecular weight excluding hydrogens is 358 g/mol. The summed E-state index contributed by atoms with van der Waals surface area (Å²) in [6.07, 6.45) is 1.25. The number of amides is 2. The number of rotatable bonds is 5. The highest BCUT2D eigenvalue weighted by molar-refractivity contribution is 7.80. The van der Waals surface area contributed by atoms with Crippen LogP contribution in [0.1, 0.15) is 30.1 Å². The van der Waals surface area contributed by atoms with Crippen molar-refractivity contribution in [2.45, 2.75) is 19.8 Å². The van der Waals surface area contributed by atoms with Crippen LogP contribution in [0.25, 0.3) is 0 Å². The fourth-order valence-electron chi connectivity index (χ4n) is 2.06. The molecule has 3 N–H and O–H groups in total. The van der Waals surface area contributed by atoms with Gasteiger partial charge in [0.05, 0.1) is 0 Å². The summed E-state index contributed by atoms with van der Waals surface area (Å²) >= 11 is 11.0. The second kappa shape index (κ2) is 9.15. The first kappa shape index (κ1) is 18.9. The Balaban J connectivity index is 1.94. The lowest BCUT2D eigenvalue weighted by Gasteiger charge is -2.11. The van der Waals surface area contributed by atoms with Gasteiger partial charge in [0, 0.05) is 28.4 Å². The first-order valence-electron chi connectivity index (χ1n) is 7.75. The highest BCUT2D eigenvalue weighted by Gasteiger charge is 2.08. The Bertz CT molecular complexity index is 778. The van der Waals surface area contributed by atoms with Crippen molar-refractivity contribution in [2.24, 2.45) is 0 Å². The van der Waals surface area contributed by atoms with E-state index >= 15 is 0 Å². The minimum atomic E-state index is -0.332. The van der Waals surface area contributed by atoms with E-state index in [1.54, 1.807) is 48.5 Å². The summed E-state index contributed by atoms with van der Waals surface area (Å²) in [6.45, 7) is 1.94. The van der Waals surface area contributed by atoms with Crippen LogP contribution in [0, 0.1) is 0 Å². The summed E-state index contributed by atoms with van der Waals surface area (Å²) in [6, 6.07) is 13.6. The van der Waals surface area contributed by atoms with Crippen LogP contribution in [0.5, 0.6) is 0 Å². The van der Waals surface area contributed by atoms with Gasteiger partial charge in [0.1, 0.15) is 0 Å². The second-order valence-electron chi connectivity index (χ2n) is 5.29. The van der Waals surface area contributed by atoms with Gasteiger partial charge in [-0.25, -0.2) is 0 Å². The number of carbonyl (C=O) groups excluding carboxylic acids is 2. The van der Waals surface area contributed by atoms with Gasteiger partial charge in [0.15, 0.2) is 5.11 Å². The molecule has 0 atom stereocenters. The molecule has 0 saturated carbocycles. The van der Waals surface area contributed by atoms with Crippen LogP contribution in [0.3, 0.4) is 0 Å². The van der Waals surface area contributed by atoms with Crippen molar-refractivity contribution in [1.29, 1.82) is 0 Å². The Morgan fingerprint density at radius 2 is 1.68 bits per heavy atom. The Hall–Kier alpha value is -2.44. The van der Waals surface area contributed by atoms with Crippen LogP contribution >= 0.6 is 23.8 Å². The van der Waals surface area contributed by atoms with Gasteiger partial charge >= 0.3 is 0 Å². The first-order valence-corrected chi connectivity index (χ1v) is 8.54. The zero-order chi connectivity index (χ0) is 18.2. The quantitative estimate of drug-likeness (QED) is 0.685. The molecule has 0 aliphatic heterocycles. The maximum absolute atomic E-state index is 12.1.